The molecule has 0 saturated carbocycles. The molecule has 0 aliphatic rings. The Hall–Kier alpha value is -1.32. The van der Waals surface area contributed by atoms with Crippen LogP contribution in [0.15, 0.2) is 53.0 Å². The number of halogens is 1. The van der Waals surface area contributed by atoms with E-state index in [2.05, 4.69) is 28.1 Å². The van der Waals surface area contributed by atoms with Crippen LogP contribution in [0, 0.1) is 0 Å². The summed E-state index contributed by atoms with van der Waals surface area (Å²) in [6.45, 7) is 0. The largest absolute Gasteiger partial charge is 0.497 e. The van der Waals surface area contributed by atoms with Gasteiger partial charge in [0, 0.05) is 10.5 Å². The molecule has 0 saturated heterocycles. The van der Waals surface area contributed by atoms with Crippen molar-refractivity contribution in [1.82, 2.24) is 0 Å². The highest BCUT2D eigenvalue weighted by atomic mass is 79.9. The number of rotatable bonds is 4. The molecule has 2 nitrogen and oxygen atoms in total. The molecule has 0 heterocycles. The Labute approximate surface area is 116 Å². The zero-order valence-corrected chi connectivity index (χ0v) is 11.9. The van der Waals surface area contributed by atoms with Crippen molar-refractivity contribution >= 4 is 15.9 Å². The van der Waals surface area contributed by atoms with Gasteiger partial charge in [0.05, 0.1) is 7.11 Å². The standard InChI is InChI=1S/C15H16BrNO/c1-18-14-8-4-12(5-9-14)15(17)10-11-2-6-13(16)7-3-11/h2-9,15H,10,17H2,1H3. The van der Waals surface area contributed by atoms with Gasteiger partial charge in [0.1, 0.15) is 5.75 Å². The highest BCUT2D eigenvalue weighted by Gasteiger charge is 2.07. The Morgan fingerprint density at radius 1 is 1.06 bits per heavy atom. The van der Waals surface area contributed by atoms with Gasteiger partial charge in [0.15, 0.2) is 0 Å². The minimum Gasteiger partial charge on any atom is -0.497 e. The zero-order valence-electron chi connectivity index (χ0n) is 10.3. The fourth-order valence-electron chi connectivity index (χ4n) is 1.84. The van der Waals surface area contributed by atoms with E-state index in [0.29, 0.717) is 0 Å². The molecule has 0 aliphatic heterocycles. The average molecular weight is 306 g/mol. The number of methoxy groups -OCH3 is 1. The molecule has 94 valence electrons. The first-order valence-corrected chi connectivity index (χ1v) is 6.62. The minimum atomic E-state index is 0.0112. The van der Waals surface area contributed by atoms with E-state index in [9.17, 15) is 0 Å². The lowest BCUT2D eigenvalue weighted by atomic mass is 10.00. The predicted octanol–water partition coefficient (Wildman–Crippen LogP) is 3.70. The van der Waals surface area contributed by atoms with Gasteiger partial charge in [-0.05, 0) is 41.8 Å². The van der Waals surface area contributed by atoms with Crippen molar-refractivity contribution in [1.29, 1.82) is 0 Å². The first-order valence-electron chi connectivity index (χ1n) is 5.83. The highest BCUT2D eigenvalue weighted by molar-refractivity contribution is 9.10. The van der Waals surface area contributed by atoms with Crippen molar-refractivity contribution in [3.05, 3.63) is 64.1 Å². The molecule has 0 aromatic heterocycles. The molecule has 0 fully saturated rings. The van der Waals surface area contributed by atoms with Crippen LogP contribution in [0.1, 0.15) is 17.2 Å². The number of hydrogen-bond acceptors (Lipinski definition) is 2. The maximum absolute atomic E-state index is 6.20. The maximum Gasteiger partial charge on any atom is 0.118 e. The summed E-state index contributed by atoms with van der Waals surface area (Å²) >= 11 is 3.43. The Bertz CT molecular complexity index is 493. The molecule has 0 amide bonds. The summed E-state index contributed by atoms with van der Waals surface area (Å²) in [7, 11) is 1.66. The number of benzene rings is 2. The van der Waals surface area contributed by atoms with E-state index < -0.39 is 0 Å². The SMILES string of the molecule is COc1ccc(C(N)Cc2ccc(Br)cc2)cc1. The lowest BCUT2D eigenvalue weighted by molar-refractivity contribution is 0.414. The van der Waals surface area contributed by atoms with Crippen LogP contribution in [0.4, 0.5) is 0 Å². The van der Waals surface area contributed by atoms with E-state index in [4.69, 9.17) is 10.5 Å². The van der Waals surface area contributed by atoms with Gasteiger partial charge in [0.25, 0.3) is 0 Å². The topological polar surface area (TPSA) is 35.2 Å². The molecule has 2 rings (SSSR count). The van der Waals surface area contributed by atoms with Crippen LogP contribution in [-0.4, -0.2) is 7.11 Å². The van der Waals surface area contributed by atoms with Gasteiger partial charge in [-0.2, -0.15) is 0 Å². The summed E-state index contributed by atoms with van der Waals surface area (Å²) in [6.07, 6.45) is 0.833. The van der Waals surface area contributed by atoms with Crippen LogP contribution in [0.3, 0.4) is 0 Å². The van der Waals surface area contributed by atoms with E-state index in [1.807, 2.05) is 36.4 Å². The second kappa shape index (κ2) is 6.03. The van der Waals surface area contributed by atoms with Crippen molar-refractivity contribution in [3.63, 3.8) is 0 Å². The van der Waals surface area contributed by atoms with Crippen LogP contribution in [0.5, 0.6) is 5.75 Å². The Balaban J connectivity index is 2.06. The summed E-state index contributed by atoms with van der Waals surface area (Å²) < 4.78 is 6.22. The molecule has 18 heavy (non-hydrogen) atoms. The quantitative estimate of drug-likeness (QED) is 0.935. The Kier molecular flexibility index (Phi) is 4.39. The summed E-state index contributed by atoms with van der Waals surface area (Å²) in [4.78, 5) is 0. The van der Waals surface area contributed by atoms with Crippen molar-refractivity contribution in [2.75, 3.05) is 7.11 Å². The first-order chi connectivity index (χ1) is 8.69. The lowest BCUT2D eigenvalue weighted by Gasteiger charge is -2.12. The second-order valence-electron chi connectivity index (χ2n) is 4.21. The summed E-state index contributed by atoms with van der Waals surface area (Å²) in [6, 6.07) is 16.2. The highest BCUT2D eigenvalue weighted by Crippen LogP contribution is 2.20. The average Bonchev–Trinajstić information content (AvgIpc) is 2.41. The van der Waals surface area contributed by atoms with E-state index in [1.165, 1.54) is 5.56 Å². The third kappa shape index (κ3) is 3.34. The first kappa shape index (κ1) is 13.1. The van der Waals surface area contributed by atoms with Crippen molar-refractivity contribution < 1.29 is 4.74 Å². The summed E-state index contributed by atoms with van der Waals surface area (Å²) in [5, 5.41) is 0. The maximum atomic E-state index is 6.20. The molecule has 1 atom stereocenters. The van der Waals surface area contributed by atoms with Crippen LogP contribution in [0.25, 0.3) is 0 Å². The molecule has 2 aromatic carbocycles. The van der Waals surface area contributed by atoms with Gasteiger partial charge in [-0.3, -0.25) is 0 Å². The molecule has 3 heteroatoms. The number of ether oxygens (including phenoxy) is 1. The monoisotopic (exact) mass is 305 g/mol. The van der Waals surface area contributed by atoms with Crippen molar-refractivity contribution in [3.8, 4) is 5.75 Å². The normalized spacial score (nSPS) is 12.2. The Morgan fingerprint density at radius 3 is 2.22 bits per heavy atom. The summed E-state index contributed by atoms with van der Waals surface area (Å²) in [5.74, 6) is 0.856. The Morgan fingerprint density at radius 2 is 1.67 bits per heavy atom. The van der Waals surface area contributed by atoms with Gasteiger partial charge in [-0.15, -0.1) is 0 Å². The third-order valence-electron chi connectivity index (χ3n) is 2.91. The molecule has 2 aromatic rings. The van der Waals surface area contributed by atoms with E-state index >= 15 is 0 Å². The second-order valence-corrected chi connectivity index (χ2v) is 5.13. The van der Waals surface area contributed by atoms with Crippen molar-refractivity contribution in [2.24, 2.45) is 5.73 Å². The van der Waals surface area contributed by atoms with E-state index in [0.717, 1.165) is 22.2 Å². The van der Waals surface area contributed by atoms with Gasteiger partial charge in [0.2, 0.25) is 0 Å². The minimum absolute atomic E-state index is 0.0112. The van der Waals surface area contributed by atoms with Gasteiger partial charge >= 0.3 is 0 Å². The van der Waals surface area contributed by atoms with Crippen LogP contribution in [0.2, 0.25) is 0 Å². The lowest BCUT2D eigenvalue weighted by Crippen LogP contribution is -2.13. The number of nitrogens with two attached hydrogens (primary N) is 1. The van der Waals surface area contributed by atoms with E-state index in [-0.39, 0.29) is 6.04 Å². The van der Waals surface area contributed by atoms with Crippen LogP contribution < -0.4 is 10.5 Å². The van der Waals surface area contributed by atoms with Gasteiger partial charge < -0.3 is 10.5 Å². The molecule has 2 N–H and O–H groups in total. The fourth-order valence-corrected chi connectivity index (χ4v) is 2.11. The van der Waals surface area contributed by atoms with Crippen LogP contribution >= 0.6 is 15.9 Å². The van der Waals surface area contributed by atoms with Crippen LogP contribution in [-0.2, 0) is 6.42 Å². The fraction of sp³-hybridized carbons (Fsp3) is 0.200. The molecule has 0 spiro atoms. The zero-order chi connectivity index (χ0) is 13.0. The van der Waals surface area contributed by atoms with E-state index in [1.54, 1.807) is 7.11 Å². The molecule has 0 radical (unpaired) electrons. The van der Waals surface area contributed by atoms with Crippen molar-refractivity contribution in [2.45, 2.75) is 12.5 Å². The summed E-state index contributed by atoms with van der Waals surface area (Å²) in [5.41, 5.74) is 8.57. The van der Waals surface area contributed by atoms with Gasteiger partial charge in [-0.1, -0.05) is 40.2 Å². The third-order valence-corrected chi connectivity index (χ3v) is 3.44. The molecule has 0 bridgehead atoms. The number of hydrogen-bond donors (Lipinski definition) is 1. The predicted molar refractivity (Wildman–Crippen MR) is 77.8 cm³/mol. The molecule has 1 unspecified atom stereocenters. The molecular weight excluding hydrogens is 290 g/mol. The smallest absolute Gasteiger partial charge is 0.118 e. The molecular formula is C15H16BrNO. The van der Waals surface area contributed by atoms with Gasteiger partial charge in [-0.25, -0.2) is 0 Å². The molecule has 0 aliphatic carbocycles.